The number of nitrogens with zero attached hydrogens (tertiary/aromatic N) is 1. The molecule has 3 fully saturated rings. The molecule has 34 heavy (non-hydrogen) atoms. The fourth-order valence-corrected chi connectivity index (χ4v) is 8.62. The van der Waals surface area contributed by atoms with Gasteiger partial charge in [-0.15, -0.1) is 23.2 Å². The van der Waals surface area contributed by atoms with Crippen LogP contribution in [0.1, 0.15) is 38.5 Å². The normalized spacial score (nSPS) is 35.2. The molecule has 3 aliphatic rings. The van der Waals surface area contributed by atoms with Gasteiger partial charge in [-0.05, 0) is 69.2 Å². The average Bonchev–Trinajstić information content (AvgIpc) is 2.80. The van der Waals surface area contributed by atoms with E-state index in [0.717, 1.165) is 38.8 Å². The second kappa shape index (κ2) is 14.3. The summed E-state index contributed by atoms with van der Waals surface area (Å²) < 4.78 is 44.1. The Morgan fingerprint density at radius 2 is 1.50 bits per heavy atom. The van der Waals surface area contributed by atoms with Crippen LogP contribution in [0, 0.1) is 23.7 Å². The van der Waals surface area contributed by atoms with Crippen LogP contribution in [0.2, 0.25) is 0 Å². The van der Waals surface area contributed by atoms with E-state index in [4.69, 9.17) is 43.1 Å². The smallest absolute Gasteiger partial charge is 0.214 e. The van der Waals surface area contributed by atoms with Gasteiger partial charge >= 0.3 is 0 Å². The summed E-state index contributed by atoms with van der Waals surface area (Å²) in [5, 5.41) is -0.0134. The van der Waals surface area contributed by atoms with Crippen molar-refractivity contribution < 1.29 is 22.6 Å². The number of piperidine rings is 1. The van der Waals surface area contributed by atoms with Crippen molar-refractivity contribution in [3.63, 3.8) is 0 Å². The van der Waals surface area contributed by atoms with Crippen molar-refractivity contribution in [1.29, 1.82) is 0 Å². The van der Waals surface area contributed by atoms with Gasteiger partial charge < -0.3 is 24.8 Å². The van der Waals surface area contributed by atoms with Gasteiger partial charge in [-0.25, -0.2) is 13.1 Å². The quantitative estimate of drug-likeness (QED) is 0.208. The molecule has 1 heterocycles. The standard InChI is InChI=1S/C23H43Cl2N3O5S/c1-28-14-21(20-12-18(24)13-23(25)22(20)15-28)17-2-4-19(5-3-17)34(29,30)27-6-7-31-8-9-32-10-11-33-16-26/h17-23,27H,2-16,26H2,1H3. The Morgan fingerprint density at radius 1 is 0.882 bits per heavy atom. The summed E-state index contributed by atoms with van der Waals surface area (Å²) in [5.41, 5.74) is 5.22. The molecule has 1 saturated heterocycles. The Hall–Kier alpha value is 0.290. The molecule has 5 unspecified atom stereocenters. The van der Waals surface area contributed by atoms with Gasteiger partial charge in [0, 0.05) is 30.4 Å². The minimum Gasteiger partial charge on any atom is -0.378 e. The minimum atomic E-state index is -3.34. The number of nitrogens with one attached hydrogen (secondary N) is 1. The molecule has 2 saturated carbocycles. The van der Waals surface area contributed by atoms with Crippen LogP contribution in [0.15, 0.2) is 0 Å². The van der Waals surface area contributed by atoms with E-state index in [1.165, 1.54) is 0 Å². The Balaban J connectivity index is 1.37. The molecule has 0 radical (unpaired) electrons. The minimum absolute atomic E-state index is 0.145. The third-order valence-electron chi connectivity index (χ3n) is 7.79. The van der Waals surface area contributed by atoms with E-state index in [0.29, 0.717) is 69.5 Å². The predicted molar refractivity (Wildman–Crippen MR) is 136 cm³/mol. The molecule has 0 amide bonds. The maximum absolute atomic E-state index is 12.8. The zero-order valence-corrected chi connectivity index (χ0v) is 22.7. The molecule has 5 atom stereocenters. The summed E-state index contributed by atoms with van der Waals surface area (Å²) >= 11 is 13.3. The monoisotopic (exact) mass is 543 g/mol. The van der Waals surface area contributed by atoms with Gasteiger partial charge in [-0.1, -0.05) is 0 Å². The molecule has 3 rings (SSSR count). The molecule has 8 nitrogen and oxygen atoms in total. The Labute approximate surface area is 215 Å². The van der Waals surface area contributed by atoms with E-state index in [1.54, 1.807) is 0 Å². The summed E-state index contributed by atoms with van der Waals surface area (Å²) in [7, 11) is -1.15. The van der Waals surface area contributed by atoms with Crippen LogP contribution in [-0.4, -0.2) is 95.8 Å². The van der Waals surface area contributed by atoms with Crippen LogP contribution >= 0.6 is 23.2 Å². The van der Waals surface area contributed by atoms with Crippen molar-refractivity contribution in [2.24, 2.45) is 29.4 Å². The first kappa shape index (κ1) is 28.9. The molecule has 0 aromatic heterocycles. The summed E-state index contributed by atoms with van der Waals surface area (Å²) in [6.07, 6.45) is 5.27. The number of ether oxygens (including phenoxy) is 3. The molecule has 200 valence electrons. The largest absolute Gasteiger partial charge is 0.378 e. The summed E-state index contributed by atoms with van der Waals surface area (Å²) in [5.74, 6) is 2.15. The van der Waals surface area contributed by atoms with Gasteiger partial charge in [0.25, 0.3) is 0 Å². The number of hydrogen-bond acceptors (Lipinski definition) is 7. The first-order valence-corrected chi connectivity index (χ1v) is 15.1. The molecule has 2 aliphatic carbocycles. The van der Waals surface area contributed by atoms with Crippen LogP contribution in [0.25, 0.3) is 0 Å². The molecule has 1 aliphatic heterocycles. The van der Waals surface area contributed by atoms with Crippen molar-refractivity contribution in [3.05, 3.63) is 0 Å². The first-order chi connectivity index (χ1) is 16.3. The van der Waals surface area contributed by atoms with Crippen LogP contribution in [0.3, 0.4) is 0 Å². The highest BCUT2D eigenvalue weighted by Crippen LogP contribution is 2.48. The molecule has 0 aromatic carbocycles. The number of rotatable bonds is 13. The van der Waals surface area contributed by atoms with Crippen LogP contribution in [-0.2, 0) is 24.2 Å². The number of sulfonamides is 1. The van der Waals surface area contributed by atoms with E-state index >= 15 is 0 Å². The summed E-state index contributed by atoms with van der Waals surface area (Å²) in [6, 6.07) is 0. The van der Waals surface area contributed by atoms with E-state index in [-0.39, 0.29) is 29.3 Å². The van der Waals surface area contributed by atoms with E-state index in [1.807, 2.05) is 0 Å². The Kier molecular flexibility index (Phi) is 12.1. The van der Waals surface area contributed by atoms with Crippen molar-refractivity contribution in [2.45, 2.75) is 54.5 Å². The highest BCUT2D eigenvalue weighted by molar-refractivity contribution is 7.90. The predicted octanol–water partition coefficient (Wildman–Crippen LogP) is 2.23. The number of nitrogens with two attached hydrogens (primary N) is 1. The lowest BCUT2D eigenvalue weighted by atomic mass is 9.63. The molecular formula is C23H43Cl2N3O5S. The highest BCUT2D eigenvalue weighted by Gasteiger charge is 2.47. The third-order valence-corrected chi connectivity index (χ3v) is 10.6. The maximum atomic E-state index is 12.8. The fourth-order valence-electron chi connectivity index (χ4n) is 6.15. The van der Waals surface area contributed by atoms with Gasteiger partial charge in [0.05, 0.1) is 45.0 Å². The number of likely N-dealkylation sites (tertiary alicyclic amines) is 1. The topological polar surface area (TPSA) is 103 Å². The molecular weight excluding hydrogens is 501 g/mol. The molecule has 0 aromatic rings. The zero-order valence-electron chi connectivity index (χ0n) is 20.4. The summed E-state index contributed by atoms with van der Waals surface area (Å²) in [4.78, 5) is 2.42. The van der Waals surface area contributed by atoms with Gasteiger partial charge in [-0.2, -0.15) is 0 Å². The van der Waals surface area contributed by atoms with E-state index in [9.17, 15) is 8.42 Å². The highest BCUT2D eigenvalue weighted by atomic mass is 35.5. The SMILES string of the molecule is CN1CC2C(Cl)CC(Cl)CC2C(C2CCC(S(=O)(=O)NCCOCCOCCOCN)CC2)C1. The molecule has 0 bridgehead atoms. The first-order valence-electron chi connectivity index (χ1n) is 12.7. The third kappa shape index (κ3) is 8.42. The van der Waals surface area contributed by atoms with Crippen molar-refractivity contribution in [2.75, 3.05) is 66.4 Å². The van der Waals surface area contributed by atoms with E-state index in [2.05, 4.69) is 16.7 Å². The van der Waals surface area contributed by atoms with Crippen molar-refractivity contribution in [3.8, 4) is 0 Å². The fraction of sp³-hybridized carbons (Fsp3) is 1.00. The van der Waals surface area contributed by atoms with Gasteiger partial charge in [0.1, 0.15) is 0 Å². The van der Waals surface area contributed by atoms with Crippen LogP contribution < -0.4 is 10.5 Å². The Bertz CT molecular complexity index is 696. The summed E-state index contributed by atoms with van der Waals surface area (Å²) in [6.45, 7) is 4.68. The van der Waals surface area contributed by atoms with Gasteiger partial charge in [0.2, 0.25) is 10.0 Å². The van der Waals surface area contributed by atoms with E-state index < -0.39 is 10.0 Å². The van der Waals surface area contributed by atoms with Crippen LogP contribution in [0.5, 0.6) is 0 Å². The Morgan fingerprint density at radius 3 is 2.18 bits per heavy atom. The number of fused-ring (bicyclic) bond motifs is 1. The van der Waals surface area contributed by atoms with Crippen molar-refractivity contribution in [1.82, 2.24) is 9.62 Å². The van der Waals surface area contributed by atoms with Gasteiger partial charge in [0.15, 0.2) is 0 Å². The number of halogens is 2. The lowest BCUT2D eigenvalue weighted by Crippen LogP contribution is -2.53. The second-order valence-electron chi connectivity index (χ2n) is 10.1. The van der Waals surface area contributed by atoms with Crippen molar-refractivity contribution >= 4 is 33.2 Å². The van der Waals surface area contributed by atoms with Crippen LogP contribution in [0.4, 0.5) is 0 Å². The maximum Gasteiger partial charge on any atom is 0.214 e. The number of hydrogen-bond donors (Lipinski definition) is 2. The lowest BCUT2D eigenvalue weighted by Gasteiger charge is -2.51. The second-order valence-corrected chi connectivity index (χ2v) is 13.3. The molecule has 0 spiro atoms. The average molecular weight is 545 g/mol. The zero-order chi connectivity index (χ0) is 24.6. The molecule has 11 heteroatoms. The number of alkyl halides is 2. The van der Waals surface area contributed by atoms with Gasteiger partial charge in [-0.3, -0.25) is 0 Å². The lowest BCUT2D eigenvalue weighted by molar-refractivity contribution is 0.0108. The molecule has 3 N–H and O–H groups in total.